The van der Waals surface area contributed by atoms with Crippen LogP contribution in [-0.4, -0.2) is 67.6 Å². The molecule has 3 aromatic carbocycles. The van der Waals surface area contributed by atoms with Crippen molar-refractivity contribution in [2.24, 2.45) is 0 Å². The number of aromatic carboxylic acids is 1. The SMILES string of the molecule is COc1cccc(Cn2nc(C(=O)N(CCC(O)C(=O)O)Cc3ccc(-c4ccccc4)cc3)cc2C(=O)O)c1. The van der Waals surface area contributed by atoms with E-state index in [2.05, 4.69) is 5.10 Å². The molecule has 4 aromatic rings. The lowest BCUT2D eigenvalue weighted by Crippen LogP contribution is -2.35. The number of hydrogen-bond acceptors (Lipinski definition) is 6. The zero-order valence-corrected chi connectivity index (χ0v) is 21.8. The average molecular weight is 544 g/mol. The molecule has 1 atom stereocenters. The number of amides is 1. The van der Waals surface area contributed by atoms with Crippen LogP contribution in [0.5, 0.6) is 5.75 Å². The molecule has 1 unspecified atom stereocenters. The summed E-state index contributed by atoms with van der Waals surface area (Å²) in [6.07, 6.45) is -1.87. The molecule has 40 heavy (non-hydrogen) atoms. The van der Waals surface area contributed by atoms with Crippen molar-refractivity contribution >= 4 is 17.8 Å². The Labute approximate surface area is 230 Å². The van der Waals surface area contributed by atoms with Gasteiger partial charge in [-0.1, -0.05) is 66.7 Å². The fourth-order valence-electron chi connectivity index (χ4n) is 4.23. The Hall–Kier alpha value is -4.96. The minimum absolute atomic E-state index is 0.0854. The van der Waals surface area contributed by atoms with Crippen LogP contribution in [0.3, 0.4) is 0 Å². The van der Waals surface area contributed by atoms with Crippen LogP contribution < -0.4 is 4.74 Å². The lowest BCUT2D eigenvalue weighted by molar-refractivity contribution is -0.147. The number of carbonyl (C=O) groups is 3. The summed E-state index contributed by atoms with van der Waals surface area (Å²) in [5.41, 5.74) is 3.24. The first-order valence-corrected chi connectivity index (χ1v) is 12.5. The molecule has 10 heteroatoms. The molecule has 0 aliphatic rings. The molecule has 0 aliphatic carbocycles. The van der Waals surface area contributed by atoms with Crippen molar-refractivity contribution < 1.29 is 34.4 Å². The third kappa shape index (κ3) is 6.91. The van der Waals surface area contributed by atoms with E-state index < -0.39 is 23.9 Å². The van der Waals surface area contributed by atoms with Crippen LogP contribution in [0.25, 0.3) is 11.1 Å². The highest BCUT2D eigenvalue weighted by Gasteiger charge is 2.25. The Morgan fingerprint density at radius 1 is 0.900 bits per heavy atom. The molecular weight excluding hydrogens is 514 g/mol. The number of methoxy groups -OCH3 is 1. The van der Waals surface area contributed by atoms with Crippen molar-refractivity contribution in [2.45, 2.75) is 25.6 Å². The lowest BCUT2D eigenvalue weighted by atomic mass is 10.0. The van der Waals surface area contributed by atoms with Gasteiger partial charge >= 0.3 is 11.9 Å². The molecule has 1 heterocycles. The Morgan fingerprint density at radius 2 is 1.60 bits per heavy atom. The summed E-state index contributed by atoms with van der Waals surface area (Å²) in [7, 11) is 1.53. The number of rotatable bonds is 12. The van der Waals surface area contributed by atoms with Gasteiger partial charge in [-0.05, 0) is 34.4 Å². The zero-order valence-electron chi connectivity index (χ0n) is 21.8. The molecule has 4 rings (SSSR count). The summed E-state index contributed by atoms with van der Waals surface area (Å²) in [4.78, 5) is 38.1. The third-order valence-corrected chi connectivity index (χ3v) is 6.36. The van der Waals surface area contributed by atoms with Gasteiger partial charge in [0.15, 0.2) is 11.8 Å². The molecule has 0 aliphatic heterocycles. The van der Waals surface area contributed by atoms with E-state index >= 15 is 0 Å². The first-order chi connectivity index (χ1) is 19.2. The molecule has 0 spiro atoms. The van der Waals surface area contributed by atoms with Crippen molar-refractivity contribution in [1.82, 2.24) is 14.7 Å². The summed E-state index contributed by atoms with van der Waals surface area (Å²) < 4.78 is 6.45. The Morgan fingerprint density at radius 3 is 2.25 bits per heavy atom. The van der Waals surface area contributed by atoms with E-state index in [0.717, 1.165) is 22.3 Å². The van der Waals surface area contributed by atoms with Crippen molar-refractivity contribution in [2.75, 3.05) is 13.7 Å². The smallest absolute Gasteiger partial charge is 0.354 e. The largest absolute Gasteiger partial charge is 0.497 e. The number of aliphatic hydroxyl groups excluding tert-OH is 1. The van der Waals surface area contributed by atoms with Gasteiger partial charge in [0.2, 0.25) is 0 Å². The van der Waals surface area contributed by atoms with E-state index in [1.807, 2.05) is 54.6 Å². The van der Waals surface area contributed by atoms with E-state index in [9.17, 15) is 24.6 Å². The van der Waals surface area contributed by atoms with Gasteiger partial charge in [0, 0.05) is 25.6 Å². The van der Waals surface area contributed by atoms with Crippen LogP contribution in [0.4, 0.5) is 0 Å². The molecular formula is C30H29N3O7. The highest BCUT2D eigenvalue weighted by atomic mass is 16.5. The van der Waals surface area contributed by atoms with Crippen molar-refractivity contribution in [3.63, 3.8) is 0 Å². The number of benzene rings is 3. The number of nitrogens with zero attached hydrogens (tertiary/aromatic N) is 3. The molecule has 0 saturated heterocycles. The maximum absolute atomic E-state index is 13.6. The van der Waals surface area contributed by atoms with Crippen LogP contribution in [0.1, 0.15) is 38.5 Å². The molecule has 1 amide bonds. The third-order valence-electron chi connectivity index (χ3n) is 6.36. The highest BCUT2D eigenvalue weighted by molar-refractivity contribution is 5.95. The Kier molecular flexibility index (Phi) is 8.93. The van der Waals surface area contributed by atoms with Gasteiger partial charge in [-0.3, -0.25) is 9.48 Å². The van der Waals surface area contributed by atoms with E-state index in [4.69, 9.17) is 9.84 Å². The minimum atomic E-state index is -1.66. The predicted molar refractivity (Wildman–Crippen MR) is 146 cm³/mol. The summed E-state index contributed by atoms with van der Waals surface area (Å²) in [5, 5.41) is 33.0. The average Bonchev–Trinajstić information content (AvgIpc) is 3.39. The normalized spacial score (nSPS) is 11.6. The van der Waals surface area contributed by atoms with Crippen LogP contribution in [0.15, 0.2) is 84.9 Å². The van der Waals surface area contributed by atoms with Crippen LogP contribution >= 0.6 is 0 Å². The van der Waals surface area contributed by atoms with Gasteiger partial charge in [0.05, 0.1) is 13.7 Å². The van der Waals surface area contributed by atoms with Crippen LogP contribution in [0.2, 0.25) is 0 Å². The number of carboxylic acids is 2. The second-order valence-corrected chi connectivity index (χ2v) is 9.16. The van der Waals surface area contributed by atoms with Gasteiger partial charge in [-0.25, -0.2) is 9.59 Å². The standard InChI is InChI=1S/C30H29N3O7/c1-40-24-9-5-6-21(16-24)19-33-26(29(36)37)17-25(31-33)28(35)32(15-14-27(34)30(38)39)18-20-10-12-23(13-11-20)22-7-3-2-4-8-22/h2-13,16-17,27,34H,14-15,18-19H2,1H3,(H,36,37)(H,38,39). The fraction of sp³-hybridized carbons (Fsp3) is 0.200. The number of aliphatic carboxylic acids is 1. The first kappa shape index (κ1) is 28.1. The maximum Gasteiger partial charge on any atom is 0.354 e. The number of aliphatic hydroxyl groups is 1. The van der Waals surface area contributed by atoms with E-state index in [-0.39, 0.29) is 37.4 Å². The molecule has 1 aromatic heterocycles. The van der Waals surface area contributed by atoms with Crippen molar-refractivity contribution in [3.8, 4) is 16.9 Å². The fourth-order valence-corrected chi connectivity index (χ4v) is 4.23. The van der Waals surface area contributed by atoms with Gasteiger partial charge in [-0.15, -0.1) is 0 Å². The number of carboxylic acid groups (broad SMARTS) is 2. The Balaban J connectivity index is 1.59. The number of aromatic nitrogens is 2. The molecule has 10 nitrogen and oxygen atoms in total. The van der Waals surface area contributed by atoms with E-state index in [1.165, 1.54) is 22.8 Å². The number of carbonyl (C=O) groups excluding carboxylic acids is 1. The van der Waals surface area contributed by atoms with Crippen molar-refractivity contribution in [1.29, 1.82) is 0 Å². The monoisotopic (exact) mass is 543 g/mol. The molecule has 0 radical (unpaired) electrons. The second kappa shape index (κ2) is 12.7. The van der Waals surface area contributed by atoms with Crippen LogP contribution in [0, 0.1) is 0 Å². The summed E-state index contributed by atoms with van der Waals surface area (Å²) in [5.74, 6) is -2.63. The zero-order chi connectivity index (χ0) is 28.6. The molecule has 0 bridgehead atoms. The van der Waals surface area contributed by atoms with E-state index in [0.29, 0.717) is 5.75 Å². The first-order valence-electron chi connectivity index (χ1n) is 12.5. The van der Waals surface area contributed by atoms with Gasteiger partial charge in [-0.2, -0.15) is 5.10 Å². The summed E-state index contributed by atoms with van der Waals surface area (Å²) in [6, 6.07) is 25.6. The molecule has 3 N–H and O–H groups in total. The predicted octanol–water partition coefficient (Wildman–Crippen LogP) is 3.78. The summed E-state index contributed by atoms with van der Waals surface area (Å²) >= 11 is 0. The van der Waals surface area contributed by atoms with E-state index in [1.54, 1.807) is 24.3 Å². The number of hydrogen-bond donors (Lipinski definition) is 3. The maximum atomic E-state index is 13.6. The number of ether oxygens (including phenoxy) is 1. The second-order valence-electron chi connectivity index (χ2n) is 9.16. The van der Waals surface area contributed by atoms with Crippen LogP contribution in [-0.2, 0) is 17.9 Å². The van der Waals surface area contributed by atoms with Gasteiger partial charge < -0.3 is 25.0 Å². The van der Waals surface area contributed by atoms with Crippen molar-refractivity contribution in [3.05, 3.63) is 107 Å². The lowest BCUT2D eigenvalue weighted by Gasteiger charge is -2.23. The summed E-state index contributed by atoms with van der Waals surface area (Å²) in [6.45, 7) is 0.105. The Bertz CT molecular complexity index is 1480. The highest BCUT2D eigenvalue weighted by Crippen LogP contribution is 2.21. The molecule has 0 fully saturated rings. The quantitative estimate of drug-likeness (QED) is 0.245. The topological polar surface area (TPSA) is 142 Å². The van der Waals surface area contributed by atoms with Gasteiger partial charge in [0.1, 0.15) is 11.4 Å². The molecule has 206 valence electrons. The van der Waals surface area contributed by atoms with Gasteiger partial charge in [0.25, 0.3) is 5.91 Å². The molecule has 0 saturated carbocycles. The minimum Gasteiger partial charge on any atom is -0.497 e.